The van der Waals surface area contributed by atoms with Crippen molar-refractivity contribution in [1.82, 2.24) is 28.2 Å². The van der Waals surface area contributed by atoms with Crippen LogP contribution in [0.3, 0.4) is 0 Å². The summed E-state index contributed by atoms with van der Waals surface area (Å²) >= 11 is 72.2. The number of aromatic nitrogens is 3. The van der Waals surface area contributed by atoms with Gasteiger partial charge in [-0.05, 0) is 277 Å². The molecule has 769 valence electrons. The number of methoxy groups -OCH3 is 1. The van der Waals surface area contributed by atoms with Crippen molar-refractivity contribution >= 4 is 364 Å². The van der Waals surface area contributed by atoms with Crippen molar-refractivity contribution in [3.63, 3.8) is 0 Å². The van der Waals surface area contributed by atoms with Gasteiger partial charge in [0.1, 0.15) is 58.6 Å². The number of amides is 3. The fraction of sp³-hybridized carbons (Fsp3) is 0.296. The van der Waals surface area contributed by atoms with Crippen molar-refractivity contribution in [2.45, 2.75) is 73.0 Å². The van der Waals surface area contributed by atoms with E-state index in [2.05, 4.69) is 163 Å². The van der Waals surface area contributed by atoms with Crippen LogP contribution in [0.25, 0.3) is 32.7 Å². The van der Waals surface area contributed by atoms with Crippen molar-refractivity contribution in [3.8, 4) is 11.5 Å². The number of rotatable bonds is 8. The van der Waals surface area contributed by atoms with Gasteiger partial charge in [-0.1, -0.05) is 101 Å². The minimum atomic E-state index is -1.31. The average Bonchev–Trinajstić information content (AvgIpc) is 1.63. The summed E-state index contributed by atoms with van der Waals surface area (Å²) < 4.78 is 164. The van der Waals surface area contributed by atoms with E-state index in [0.717, 1.165) is 83.3 Å². The van der Waals surface area contributed by atoms with Crippen LogP contribution in [-0.4, -0.2) is 179 Å². The number of ether oxygens (including phenoxy) is 4. The minimum absolute atomic E-state index is 0. The number of fused-ring (bicyclic) bond motifs is 3. The Morgan fingerprint density at radius 2 is 0.894 bits per heavy atom. The number of carbonyl (C=O) groups excluding carboxylic acids is 3. The molecule has 3 aromatic heterocycles. The predicted octanol–water partition coefficient (Wildman–Crippen LogP) is 23.7. The number of nitrogens with two attached hydrogens (primary N) is 7. The van der Waals surface area contributed by atoms with Gasteiger partial charge in [-0.25, -0.2) is 49.9 Å². The molecule has 0 spiro atoms. The molecule has 3 amide bonds. The van der Waals surface area contributed by atoms with Gasteiger partial charge in [0.05, 0.1) is 130 Å². The summed E-state index contributed by atoms with van der Waals surface area (Å²) in [6, 6.07) is 16.4. The number of thiocarbonyl (C=S) groups is 1. The number of alkyl halides is 2. The maximum atomic E-state index is 14.3. The number of anilines is 6. The molecule has 60 heteroatoms. The number of carbonyl (C=O) groups is 5. The number of hydrogen-bond acceptors (Lipinski definition) is 28. The number of carboxylic acids is 2. The summed E-state index contributed by atoms with van der Waals surface area (Å²) in [5, 5.41) is 42.0. The monoisotopic (exact) mass is 2720 g/mol. The number of benzene rings is 8. The van der Waals surface area contributed by atoms with Crippen LogP contribution >= 0.6 is 255 Å². The quantitative estimate of drug-likeness (QED) is 0.0128. The number of aromatic carboxylic acids is 2. The Morgan fingerprint density at radius 1 is 0.539 bits per heavy atom. The molecular formula is C81H84BBr8Cl7F9N15NaO15S4. The van der Waals surface area contributed by atoms with E-state index in [1.54, 1.807) is 53.3 Å². The normalized spacial score (nSPS) is 12.2. The second-order valence-electron chi connectivity index (χ2n) is 28.2. The summed E-state index contributed by atoms with van der Waals surface area (Å²) in [6.45, 7) is 18.7. The van der Waals surface area contributed by atoms with Crippen LogP contribution in [0.2, 0.25) is 34.5 Å². The summed E-state index contributed by atoms with van der Waals surface area (Å²) in [4.78, 5) is 68.9. The first kappa shape index (κ1) is 131. The molecule has 8 aromatic carbocycles. The van der Waals surface area contributed by atoms with E-state index >= 15 is 0 Å². The van der Waals surface area contributed by atoms with Gasteiger partial charge >= 0.3 is 61.4 Å². The maximum Gasteiger partial charge on any atom is 1.00 e. The SMILES string of the molecule is C.C1CCOC1.CC(C)(C)OC(=O)N1CCN(c2snc3c(F)c(Br)c(Cl)cc23)CC1.CC(C)(C)OC(=O)N1CCNCC1.COc1ccc(Br)c(O[B]O)c1.Fc1c(Br)c(Cl)cc2c(Cl)snc12.NC(=O)c1cc(Cl)c(Br)c(F)c1N.NC(=S)c1cc(Cl)c(Br)c(F)c1N.Nc1c(C(=O)O)cc(Cl)c(Br)c1F.Nc1c(C(=O)O)ccc(Br)c1F.Nc1snc2c(F)c(Br)c(Cl)cc12.O=N[O-].[2H]CF.[2H]CF.[Na+]. The minimum Gasteiger partial charge on any atom is -0.537 e. The third kappa shape index (κ3) is 41.7. The van der Waals surface area contributed by atoms with Gasteiger partial charge in [0.25, 0.3) is 5.91 Å². The smallest absolute Gasteiger partial charge is 0.537 e. The first-order valence-electron chi connectivity index (χ1n) is 39.1. The second kappa shape index (κ2) is 65.9. The van der Waals surface area contributed by atoms with Gasteiger partial charge in [-0.2, -0.15) is 13.1 Å². The number of halogens is 24. The number of nitrogens with zero attached hydrogens (tertiary/aromatic N) is 7. The van der Waals surface area contributed by atoms with Crippen molar-refractivity contribution in [2.24, 2.45) is 16.8 Å². The van der Waals surface area contributed by atoms with E-state index in [1.807, 2.05) is 41.5 Å². The van der Waals surface area contributed by atoms with Gasteiger partial charge in [0, 0.05) is 93.4 Å². The van der Waals surface area contributed by atoms with Gasteiger partial charge in [0.2, 0.25) is 0 Å². The van der Waals surface area contributed by atoms with Gasteiger partial charge in [-0.3, -0.25) is 13.6 Å². The van der Waals surface area contributed by atoms with Crippen molar-refractivity contribution in [2.75, 3.05) is 121 Å². The number of nitrogen functional groups attached to an aromatic ring is 5. The van der Waals surface area contributed by atoms with E-state index in [1.165, 1.54) is 48.6 Å². The summed E-state index contributed by atoms with van der Waals surface area (Å²) in [7, 11) is 0.190. The fourth-order valence-corrected chi connectivity index (χ4v) is 16.5. The third-order valence-corrected chi connectivity index (χ3v) is 28.6. The van der Waals surface area contributed by atoms with Crippen molar-refractivity contribution in [1.29, 1.82) is 0 Å². The molecule has 0 bridgehead atoms. The topological polar surface area (TPSA) is 487 Å². The zero-order valence-corrected chi connectivity index (χ0v) is 96.7. The molecule has 18 N–H and O–H groups in total. The molecular weight excluding hydrogens is 2640 g/mol. The van der Waals surface area contributed by atoms with E-state index in [9.17, 15) is 63.5 Å². The molecule has 30 nitrogen and oxygen atoms in total. The van der Waals surface area contributed by atoms with Crippen LogP contribution in [0.1, 0.15) is 101 Å². The number of hydrogen-bond donors (Lipinski definition) is 11. The Hall–Kier alpha value is -5.75. The van der Waals surface area contributed by atoms with Gasteiger partial charge < -0.3 is 109 Å². The Morgan fingerprint density at radius 3 is 1.30 bits per heavy atom. The van der Waals surface area contributed by atoms with Gasteiger partial charge in [0.15, 0.2) is 40.7 Å². The Bertz CT molecular complexity index is 5890. The van der Waals surface area contributed by atoms with Crippen molar-refractivity contribution in [3.05, 3.63) is 210 Å². The first-order valence-corrected chi connectivity index (χ1v) is 49.4. The molecule has 3 saturated heterocycles. The molecule has 11 aromatic rings. The van der Waals surface area contributed by atoms with Crippen LogP contribution in [0.15, 0.2) is 108 Å². The molecule has 6 heterocycles. The molecule has 0 atom stereocenters. The number of primary amides is 1. The Balaban J connectivity index is 0.00000157. The molecule has 1 radical (unpaired) electrons. The molecule has 14 rings (SSSR count). The summed E-state index contributed by atoms with van der Waals surface area (Å²) in [5.74, 6) is -6.57. The molecule has 3 aliphatic rings. The molecule has 3 aliphatic heterocycles. The van der Waals surface area contributed by atoms with E-state index in [4.69, 9.17) is 173 Å². The van der Waals surface area contributed by atoms with Crippen molar-refractivity contribution < 1.29 is 135 Å². The first-order chi connectivity index (χ1) is 65.8. The number of nitrogens with one attached hydrogen (secondary N) is 1. The molecule has 0 unspecified atom stereocenters. The van der Waals surface area contributed by atoms with E-state index in [0.29, 0.717) is 91.4 Å². The van der Waals surface area contributed by atoms with Crippen LogP contribution in [0, 0.1) is 50.8 Å². The Kier molecular flexibility index (Phi) is 61.3. The molecule has 0 aliphatic carbocycles. The van der Waals surface area contributed by atoms with Crippen LogP contribution < -0.4 is 89.3 Å². The number of piperazine rings is 2. The average molecular weight is 2730 g/mol. The van der Waals surface area contributed by atoms with Crippen LogP contribution in [-0.2, 0) is 14.2 Å². The second-order valence-corrected chi connectivity index (χ2v) is 40.5. The molecule has 3 fully saturated rings. The van der Waals surface area contributed by atoms with E-state index in [-0.39, 0.29) is 156 Å². The molecule has 0 saturated carbocycles. The third-order valence-electron chi connectivity index (χ3n) is 16.7. The fourth-order valence-electron chi connectivity index (χ4n) is 10.2. The summed E-state index contributed by atoms with van der Waals surface area (Å²) in [6.07, 6.45) is 2.05. The van der Waals surface area contributed by atoms with Gasteiger partial charge in [-0.15, -0.1) is 5.34 Å². The standard InChI is InChI=1S/C16H18BrClFN3O2S.C9H18N2O2.C7H7BBrO3.C7HBrCl2FNS.C7H5BrClFN2O.C7H3BrClFN2S.C7H5BrClFN2S.C7H4BrClFNO2.C7H5BrFNO2.C4H8O.2CH3F.CH4.HNO2.Na/c1-16(2,3)24-15(23)22-6-4-21(5-7-22)14-9-8-10(18)11(17)12(19)13(9)20-25-14;1-9(2,3)13-8(12)11-6-4-10-5-7-11;1-11-5-2-3-6(9)7(4-5)12-8-10;8-4-3(9)1-2-6(5(4)11)12-13-7(2)10;8-4-3(9)1-2(7(12)13)6(11)5(4)10;8-4-3(9)1-2-6(5(4)10)12-13-7(2)11;2*8-4-3(9)1-2(7(12)13)6(11)5(4)10;8-4-2-1-3(7(11)12)6(10)5(4)9;1-2-4-5-3-1;2*1-2;;2-1-3;/h8H,4-7H2,1-3H3;10H,4-7H2,1-3H3;2-4,10H,1H3;1H;1H,11H2,(H2,12,13);1H,11H2;1H,11H2,(H2,12,13);1H,11H2,(H,12,13);1-2H,10H2,(H,11,12);1-4H2;2*1H3;1H4;(H,2,3);/q;;;;;;;;;;;;;;+1/p-1/i;;;;;;;;;;2*1D;;;. The number of carboxylic acid groups (broad SMARTS) is 2. The zero-order valence-electron chi connectivity index (χ0n) is 75.4. The van der Waals surface area contributed by atoms with E-state index < -0.39 is 84.2 Å². The summed E-state index contributed by atoms with van der Waals surface area (Å²) in [5.41, 5.74) is 35.3. The zero-order chi connectivity index (χ0) is 108. The molecule has 141 heavy (non-hydrogen) atoms. The van der Waals surface area contributed by atoms with Crippen LogP contribution in [0.4, 0.5) is 81.9 Å². The maximum absolute atomic E-state index is 14.3. The Labute approximate surface area is 947 Å². The predicted molar refractivity (Wildman–Crippen MR) is 574 cm³/mol. The van der Waals surface area contributed by atoms with Crippen LogP contribution in [0.5, 0.6) is 11.5 Å². The largest absolute Gasteiger partial charge is 1.00 e.